The Kier molecular flexibility index (Phi) is 11.7. The van der Waals surface area contributed by atoms with Crippen LogP contribution in [-0.2, 0) is 9.59 Å². The summed E-state index contributed by atoms with van der Waals surface area (Å²) in [5.41, 5.74) is 0. The number of hydrogen-bond acceptors (Lipinski definition) is 2. The van der Waals surface area contributed by atoms with Gasteiger partial charge in [0.15, 0.2) is 0 Å². The van der Waals surface area contributed by atoms with Crippen LogP contribution in [0, 0.1) is 0 Å². The lowest BCUT2D eigenvalue weighted by molar-refractivity contribution is -0.870. The molecule has 0 aromatic rings. The lowest BCUT2D eigenvalue weighted by Gasteiger charge is -2.25. The topological polar surface area (TPSA) is 40.6 Å². The van der Waals surface area contributed by atoms with Crippen molar-refractivity contribution >= 4 is 11.8 Å². The van der Waals surface area contributed by atoms with Crippen LogP contribution < -0.4 is 12.4 Å². The second-order valence-corrected chi connectivity index (χ2v) is 6.20. The van der Waals surface area contributed by atoms with Gasteiger partial charge in [0.2, 0.25) is 11.8 Å². The fourth-order valence-corrected chi connectivity index (χ4v) is 1.91. The number of likely N-dealkylation sites (tertiary alicyclic amines) is 1. The maximum absolute atomic E-state index is 11.1. The normalized spacial score (nSPS) is 13.6. The largest absolute Gasteiger partial charge is 1.00 e. The molecule has 0 saturated carbocycles. The number of nitrogens with zero attached hydrogens (tertiary/aromatic N) is 3. The van der Waals surface area contributed by atoms with Crippen LogP contribution in [0.5, 0.6) is 0 Å². The predicted molar refractivity (Wildman–Crippen MR) is 86.5 cm³/mol. The van der Waals surface area contributed by atoms with Gasteiger partial charge in [0.05, 0.1) is 27.7 Å². The molecule has 0 unspecified atom stereocenters. The lowest BCUT2D eigenvalue weighted by atomic mass is 10.3. The summed E-state index contributed by atoms with van der Waals surface area (Å²) in [6.07, 6.45) is 5.66. The van der Waals surface area contributed by atoms with Crippen molar-refractivity contribution in [2.75, 3.05) is 47.8 Å². The van der Waals surface area contributed by atoms with Gasteiger partial charge in [0, 0.05) is 33.0 Å². The second kappa shape index (κ2) is 11.3. The zero-order chi connectivity index (χ0) is 16.5. The molecule has 128 valence electrons. The molecule has 0 radical (unpaired) electrons. The SMILES string of the molecule is C=CC(=O)N(C)CCC[N+](C)(C)C.C=CN1CCCC1=O.[Cl-]. The molecule has 1 fully saturated rings. The van der Waals surface area contributed by atoms with E-state index in [4.69, 9.17) is 0 Å². The molecule has 0 N–H and O–H groups in total. The molecule has 1 aliphatic rings. The van der Waals surface area contributed by atoms with E-state index in [-0.39, 0.29) is 24.2 Å². The minimum absolute atomic E-state index is 0. The van der Waals surface area contributed by atoms with Crippen LogP contribution in [-0.4, -0.2) is 73.9 Å². The van der Waals surface area contributed by atoms with Crippen molar-refractivity contribution in [2.45, 2.75) is 19.3 Å². The van der Waals surface area contributed by atoms with E-state index in [1.165, 1.54) is 6.08 Å². The van der Waals surface area contributed by atoms with Gasteiger partial charge in [-0.25, -0.2) is 0 Å². The average molecular weight is 332 g/mol. The van der Waals surface area contributed by atoms with E-state index in [0.29, 0.717) is 6.42 Å². The highest BCUT2D eigenvalue weighted by Gasteiger charge is 2.16. The highest BCUT2D eigenvalue weighted by atomic mass is 35.5. The Morgan fingerprint density at radius 2 is 1.95 bits per heavy atom. The van der Waals surface area contributed by atoms with Crippen LogP contribution in [0.3, 0.4) is 0 Å². The summed E-state index contributed by atoms with van der Waals surface area (Å²) in [6, 6.07) is 0. The van der Waals surface area contributed by atoms with E-state index in [1.807, 2.05) is 0 Å². The quantitative estimate of drug-likeness (QED) is 0.438. The molecule has 0 bridgehead atoms. The summed E-state index contributed by atoms with van der Waals surface area (Å²) in [4.78, 5) is 25.1. The average Bonchev–Trinajstić information content (AvgIpc) is 2.82. The Bertz CT molecular complexity index is 378. The molecule has 1 rings (SSSR count). The molecule has 0 aliphatic carbocycles. The number of halogens is 1. The van der Waals surface area contributed by atoms with Gasteiger partial charge in [-0.15, -0.1) is 0 Å². The molecule has 6 heteroatoms. The molecule has 0 aromatic carbocycles. The van der Waals surface area contributed by atoms with Crippen molar-refractivity contribution in [3.05, 3.63) is 25.4 Å². The molecule has 0 spiro atoms. The molecule has 0 atom stereocenters. The van der Waals surface area contributed by atoms with Crippen molar-refractivity contribution in [3.63, 3.8) is 0 Å². The van der Waals surface area contributed by atoms with E-state index in [2.05, 4.69) is 34.3 Å². The highest BCUT2D eigenvalue weighted by molar-refractivity contribution is 5.86. The first-order valence-electron chi connectivity index (χ1n) is 7.31. The Morgan fingerprint density at radius 3 is 2.27 bits per heavy atom. The Balaban J connectivity index is 0. The predicted octanol–water partition coefficient (Wildman–Crippen LogP) is -1.52. The zero-order valence-corrected chi connectivity index (χ0v) is 15.1. The molecule has 22 heavy (non-hydrogen) atoms. The number of quaternary nitrogens is 1. The van der Waals surface area contributed by atoms with Crippen LogP contribution in [0.2, 0.25) is 0 Å². The molecule has 5 nitrogen and oxygen atoms in total. The van der Waals surface area contributed by atoms with Gasteiger partial charge in [-0.3, -0.25) is 9.59 Å². The van der Waals surface area contributed by atoms with E-state index in [1.54, 1.807) is 23.0 Å². The Morgan fingerprint density at radius 1 is 1.36 bits per heavy atom. The number of rotatable bonds is 6. The third-order valence-corrected chi connectivity index (χ3v) is 3.20. The maximum Gasteiger partial charge on any atom is 0.245 e. The van der Waals surface area contributed by atoms with Crippen LogP contribution >= 0.6 is 0 Å². The fourth-order valence-electron chi connectivity index (χ4n) is 1.91. The van der Waals surface area contributed by atoms with E-state index in [9.17, 15) is 9.59 Å². The molecule has 1 heterocycles. The van der Waals surface area contributed by atoms with Gasteiger partial charge in [0.25, 0.3) is 0 Å². The van der Waals surface area contributed by atoms with Crippen LogP contribution in [0.1, 0.15) is 19.3 Å². The van der Waals surface area contributed by atoms with Crippen LogP contribution in [0.25, 0.3) is 0 Å². The van der Waals surface area contributed by atoms with Crippen LogP contribution in [0.15, 0.2) is 25.4 Å². The number of amides is 2. The van der Waals surface area contributed by atoms with Gasteiger partial charge in [0.1, 0.15) is 0 Å². The molecule has 2 amide bonds. The number of carbonyl (C=O) groups is 2. The van der Waals surface area contributed by atoms with Crippen LogP contribution in [0.4, 0.5) is 0 Å². The third-order valence-electron chi connectivity index (χ3n) is 3.20. The first-order valence-corrected chi connectivity index (χ1v) is 7.31. The summed E-state index contributed by atoms with van der Waals surface area (Å²) in [7, 11) is 8.25. The first kappa shape index (κ1) is 22.9. The summed E-state index contributed by atoms with van der Waals surface area (Å²) in [6.45, 7) is 9.69. The highest BCUT2D eigenvalue weighted by Crippen LogP contribution is 2.08. The van der Waals surface area contributed by atoms with Crippen molar-refractivity contribution in [1.82, 2.24) is 9.80 Å². The first-order chi connectivity index (χ1) is 9.71. The number of hydrogen-bond donors (Lipinski definition) is 0. The number of likely N-dealkylation sites (N-methyl/N-ethyl adjacent to an activating group) is 1. The summed E-state index contributed by atoms with van der Waals surface area (Å²) < 4.78 is 0.941. The minimum atomic E-state index is 0. The fraction of sp³-hybridized carbons (Fsp3) is 0.625. The summed E-state index contributed by atoms with van der Waals surface area (Å²) in [5.74, 6) is 0.210. The van der Waals surface area contributed by atoms with Gasteiger partial charge in [-0.1, -0.05) is 13.2 Å². The molecule has 1 aliphatic heterocycles. The monoisotopic (exact) mass is 331 g/mol. The molecular formula is C16H30ClN3O2. The van der Waals surface area contributed by atoms with Gasteiger partial charge >= 0.3 is 0 Å². The van der Waals surface area contributed by atoms with Crippen molar-refractivity contribution in [3.8, 4) is 0 Å². The van der Waals surface area contributed by atoms with Gasteiger partial charge < -0.3 is 26.7 Å². The van der Waals surface area contributed by atoms with E-state index < -0.39 is 0 Å². The summed E-state index contributed by atoms with van der Waals surface area (Å²) in [5, 5.41) is 0. The van der Waals surface area contributed by atoms with Gasteiger partial charge in [-0.05, 0) is 18.7 Å². The molecule has 0 aromatic heterocycles. The Hall–Kier alpha value is -1.33. The zero-order valence-electron chi connectivity index (χ0n) is 14.3. The Labute approximate surface area is 141 Å². The smallest absolute Gasteiger partial charge is 0.245 e. The van der Waals surface area contributed by atoms with Crippen molar-refractivity contribution in [2.24, 2.45) is 0 Å². The van der Waals surface area contributed by atoms with E-state index >= 15 is 0 Å². The molecule has 1 saturated heterocycles. The maximum atomic E-state index is 11.1. The standard InChI is InChI=1S/C10H21N2O.C6H9NO.ClH/c1-6-10(13)11(2)8-7-9-12(3,4)5;1-2-7-5-3-4-6(7)8;/h6H,1,7-9H2,2-5H3;2H,1,3-5H2;1H/q+1;;/p-1. The second-order valence-electron chi connectivity index (χ2n) is 6.20. The third kappa shape index (κ3) is 10.4. The lowest BCUT2D eigenvalue weighted by Crippen LogP contribution is -3.00. The molecular weight excluding hydrogens is 302 g/mol. The minimum Gasteiger partial charge on any atom is -1.00 e. The summed E-state index contributed by atoms with van der Waals surface area (Å²) >= 11 is 0. The van der Waals surface area contributed by atoms with Crippen molar-refractivity contribution < 1.29 is 26.5 Å². The van der Waals surface area contributed by atoms with Gasteiger partial charge in [-0.2, -0.15) is 0 Å². The number of carbonyl (C=O) groups excluding carboxylic acids is 2. The van der Waals surface area contributed by atoms with E-state index in [0.717, 1.165) is 37.0 Å². The van der Waals surface area contributed by atoms with Crippen molar-refractivity contribution in [1.29, 1.82) is 0 Å².